The van der Waals surface area contributed by atoms with Crippen LogP contribution in [0.15, 0.2) is 54.1 Å². The van der Waals surface area contributed by atoms with Gasteiger partial charge in [-0.3, -0.25) is 0 Å². The maximum atomic E-state index is 9.66. The zero-order chi connectivity index (χ0) is 18.1. The number of fused-ring (bicyclic) bond motifs is 2. The van der Waals surface area contributed by atoms with Gasteiger partial charge < -0.3 is 9.47 Å². The zero-order valence-electron chi connectivity index (χ0n) is 14.4. The minimum atomic E-state index is -0.184. The molecule has 4 nitrogen and oxygen atoms in total. The molecule has 0 saturated carbocycles. The van der Waals surface area contributed by atoms with Crippen LogP contribution in [-0.2, 0) is 0 Å². The van der Waals surface area contributed by atoms with Gasteiger partial charge >= 0.3 is 0 Å². The number of allylic oxidation sites excluding steroid dienone is 1. The van der Waals surface area contributed by atoms with E-state index < -0.39 is 0 Å². The van der Waals surface area contributed by atoms with Crippen molar-refractivity contribution in [1.82, 2.24) is 4.98 Å². The van der Waals surface area contributed by atoms with E-state index in [1.165, 1.54) is 11.3 Å². The second kappa shape index (κ2) is 6.66. The number of ether oxygens (including phenoxy) is 2. The summed E-state index contributed by atoms with van der Waals surface area (Å²) >= 11 is 1.52. The average molecular weight is 360 g/mol. The van der Waals surface area contributed by atoms with Crippen LogP contribution in [0.4, 0.5) is 0 Å². The van der Waals surface area contributed by atoms with E-state index in [0.29, 0.717) is 11.3 Å². The third-order valence-electron chi connectivity index (χ3n) is 4.27. The minimum Gasteiger partial charge on any atom is -0.493 e. The van der Waals surface area contributed by atoms with E-state index in [9.17, 15) is 5.26 Å². The van der Waals surface area contributed by atoms with Crippen LogP contribution < -0.4 is 9.47 Å². The van der Waals surface area contributed by atoms with Crippen LogP contribution in [0.5, 0.6) is 11.5 Å². The van der Waals surface area contributed by atoms with Gasteiger partial charge in [0, 0.05) is 5.56 Å². The fourth-order valence-corrected chi connectivity index (χ4v) is 3.86. The molecule has 0 N–H and O–H groups in total. The Bertz CT molecular complexity index is 1060. The van der Waals surface area contributed by atoms with Gasteiger partial charge in [-0.05, 0) is 42.8 Å². The van der Waals surface area contributed by atoms with Gasteiger partial charge in [-0.15, -0.1) is 11.3 Å². The van der Waals surface area contributed by atoms with Gasteiger partial charge in [0.25, 0.3) is 0 Å². The van der Waals surface area contributed by atoms with Crippen LogP contribution in [0, 0.1) is 11.3 Å². The summed E-state index contributed by atoms with van der Waals surface area (Å²) in [5.41, 5.74) is 3.32. The van der Waals surface area contributed by atoms with Gasteiger partial charge in [0.15, 0.2) is 11.5 Å². The molecular weight excluding hydrogens is 344 g/mol. The van der Waals surface area contributed by atoms with E-state index in [-0.39, 0.29) is 6.10 Å². The van der Waals surface area contributed by atoms with Gasteiger partial charge in [-0.25, -0.2) is 4.98 Å². The van der Waals surface area contributed by atoms with E-state index in [4.69, 9.17) is 9.47 Å². The molecule has 0 bridgehead atoms. The van der Waals surface area contributed by atoms with Crippen LogP contribution >= 0.6 is 11.3 Å². The first kappa shape index (κ1) is 16.4. The number of hydrogen-bond acceptors (Lipinski definition) is 5. The predicted octanol–water partition coefficient (Wildman–Crippen LogP) is 5.08. The molecule has 1 aliphatic heterocycles. The van der Waals surface area contributed by atoms with Crippen molar-refractivity contribution in [2.24, 2.45) is 0 Å². The molecule has 4 rings (SSSR count). The number of para-hydroxylation sites is 2. The van der Waals surface area contributed by atoms with Crippen LogP contribution in [0.2, 0.25) is 0 Å². The van der Waals surface area contributed by atoms with Crippen molar-refractivity contribution in [2.75, 3.05) is 7.11 Å². The summed E-state index contributed by atoms with van der Waals surface area (Å²) in [5, 5.41) is 10.4. The third kappa shape index (κ3) is 2.85. The van der Waals surface area contributed by atoms with Gasteiger partial charge in [0.2, 0.25) is 0 Å². The molecule has 0 fully saturated rings. The molecule has 3 aromatic rings. The van der Waals surface area contributed by atoms with E-state index in [0.717, 1.165) is 32.1 Å². The highest BCUT2D eigenvalue weighted by Gasteiger charge is 2.21. The molecule has 5 heteroatoms. The minimum absolute atomic E-state index is 0.184. The lowest BCUT2D eigenvalue weighted by molar-refractivity contribution is 0.243. The van der Waals surface area contributed by atoms with Crippen LogP contribution in [0.25, 0.3) is 21.9 Å². The lowest BCUT2D eigenvalue weighted by Gasteiger charge is -2.24. The number of aromatic nitrogens is 1. The Labute approximate surface area is 155 Å². The first-order valence-corrected chi connectivity index (χ1v) is 9.04. The predicted molar refractivity (Wildman–Crippen MR) is 104 cm³/mol. The molecule has 2 aromatic carbocycles. The summed E-state index contributed by atoms with van der Waals surface area (Å²) in [6.07, 6.45) is 3.72. The largest absolute Gasteiger partial charge is 0.493 e. The van der Waals surface area contributed by atoms with Crippen molar-refractivity contribution < 1.29 is 9.47 Å². The van der Waals surface area contributed by atoms with Crippen molar-refractivity contribution in [3.05, 3.63) is 64.7 Å². The van der Waals surface area contributed by atoms with Crippen molar-refractivity contribution in [3.63, 3.8) is 0 Å². The van der Waals surface area contributed by atoms with Gasteiger partial charge in [0.1, 0.15) is 17.2 Å². The summed E-state index contributed by atoms with van der Waals surface area (Å²) < 4.78 is 12.5. The third-order valence-corrected chi connectivity index (χ3v) is 5.34. The standard InChI is InChI=1S/C21H16N2O2S/c1-13-15(10-14-6-5-8-18(24-2)20(14)25-13)11-16(12-22)21-23-17-7-3-4-9-19(17)26-21/h3-11,13H,1-2H3/b16-11-. The number of rotatable bonds is 3. The molecule has 2 heterocycles. The Balaban J connectivity index is 1.77. The van der Waals surface area contributed by atoms with E-state index in [1.54, 1.807) is 7.11 Å². The molecule has 0 spiro atoms. The molecule has 0 radical (unpaired) electrons. The monoisotopic (exact) mass is 360 g/mol. The van der Waals surface area contributed by atoms with E-state index in [1.807, 2.05) is 61.5 Å². The molecule has 128 valence electrons. The molecule has 0 saturated heterocycles. The van der Waals surface area contributed by atoms with Crippen molar-refractivity contribution in [3.8, 4) is 17.6 Å². The van der Waals surface area contributed by atoms with Gasteiger partial charge in [-0.2, -0.15) is 5.26 Å². The number of hydrogen-bond donors (Lipinski definition) is 0. The lowest BCUT2D eigenvalue weighted by Crippen LogP contribution is -2.18. The van der Waals surface area contributed by atoms with Crippen LogP contribution in [0.3, 0.4) is 0 Å². The summed E-state index contributed by atoms with van der Waals surface area (Å²) in [4.78, 5) is 4.59. The Hall–Kier alpha value is -3.10. The zero-order valence-corrected chi connectivity index (χ0v) is 15.2. The Morgan fingerprint density at radius 1 is 1.27 bits per heavy atom. The maximum absolute atomic E-state index is 9.66. The lowest BCUT2D eigenvalue weighted by atomic mass is 10.00. The second-order valence-corrected chi connectivity index (χ2v) is 6.97. The molecule has 26 heavy (non-hydrogen) atoms. The molecule has 1 aromatic heterocycles. The Morgan fingerprint density at radius 3 is 2.88 bits per heavy atom. The van der Waals surface area contributed by atoms with Crippen molar-refractivity contribution in [2.45, 2.75) is 13.0 Å². The van der Waals surface area contributed by atoms with Crippen molar-refractivity contribution in [1.29, 1.82) is 5.26 Å². The number of nitrogens with zero attached hydrogens (tertiary/aromatic N) is 2. The Morgan fingerprint density at radius 2 is 2.12 bits per heavy atom. The summed E-state index contributed by atoms with van der Waals surface area (Å²) in [6.45, 7) is 1.96. The van der Waals surface area contributed by atoms with Gasteiger partial charge in [0.05, 0.1) is 22.9 Å². The molecule has 0 aliphatic carbocycles. The van der Waals surface area contributed by atoms with E-state index >= 15 is 0 Å². The number of thiazole rings is 1. The van der Waals surface area contributed by atoms with Gasteiger partial charge in [-0.1, -0.05) is 24.3 Å². The summed E-state index contributed by atoms with van der Waals surface area (Å²) in [5.74, 6) is 1.44. The first-order valence-electron chi connectivity index (χ1n) is 8.22. The average Bonchev–Trinajstić information content (AvgIpc) is 3.09. The first-order chi connectivity index (χ1) is 12.7. The fourth-order valence-electron chi connectivity index (χ4n) is 2.93. The Kier molecular flexibility index (Phi) is 4.19. The highest BCUT2D eigenvalue weighted by Crippen LogP contribution is 2.38. The highest BCUT2D eigenvalue weighted by molar-refractivity contribution is 7.19. The molecule has 0 amide bonds. The smallest absolute Gasteiger partial charge is 0.169 e. The number of nitriles is 1. The van der Waals surface area contributed by atoms with Crippen molar-refractivity contribution >= 4 is 33.2 Å². The van der Waals surface area contributed by atoms with Crippen LogP contribution in [0.1, 0.15) is 17.5 Å². The normalized spacial score (nSPS) is 16.4. The maximum Gasteiger partial charge on any atom is 0.169 e. The molecular formula is C21H16N2O2S. The molecule has 1 aliphatic rings. The highest BCUT2D eigenvalue weighted by atomic mass is 32.1. The quantitative estimate of drug-likeness (QED) is 0.612. The summed E-state index contributed by atoms with van der Waals surface area (Å²) in [6, 6.07) is 16.0. The number of methoxy groups -OCH3 is 1. The molecule has 1 unspecified atom stereocenters. The second-order valence-electron chi connectivity index (χ2n) is 5.94. The molecule has 1 atom stereocenters. The fraction of sp³-hybridized carbons (Fsp3) is 0.143. The van der Waals surface area contributed by atoms with E-state index in [2.05, 4.69) is 11.1 Å². The summed E-state index contributed by atoms with van der Waals surface area (Å²) in [7, 11) is 1.63. The van der Waals surface area contributed by atoms with Crippen LogP contribution in [-0.4, -0.2) is 18.2 Å². The SMILES string of the molecule is COc1cccc2c1OC(C)C(/C=C(/C#N)c1nc3ccccc3s1)=C2. The number of benzene rings is 2. The topological polar surface area (TPSA) is 55.1 Å².